The van der Waals surface area contributed by atoms with Gasteiger partial charge in [0.1, 0.15) is 0 Å². The fourth-order valence-corrected chi connectivity index (χ4v) is 2.54. The fraction of sp³-hybridized carbons (Fsp3) is 0. The highest BCUT2D eigenvalue weighted by atomic mass is 35.5. The number of hydrogen-bond donors (Lipinski definition) is 0. The third-order valence-electron chi connectivity index (χ3n) is 1.24. The van der Waals surface area contributed by atoms with Crippen molar-refractivity contribution < 1.29 is 0 Å². The van der Waals surface area contributed by atoms with Crippen LogP contribution in [0.2, 0.25) is 4.47 Å². The highest BCUT2D eigenvalue weighted by Crippen LogP contribution is 2.31. The summed E-state index contributed by atoms with van der Waals surface area (Å²) >= 11 is 8.90. The van der Waals surface area contributed by atoms with Crippen LogP contribution in [0, 0.1) is 0 Å². The SMILES string of the molecule is Clc1ncc(-c2cccs2)s1. The van der Waals surface area contributed by atoms with Crippen molar-refractivity contribution in [3.63, 3.8) is 0 Å². The molecule has 0 saturated heterocycles. The average Bonchev–Trinajstić information content (AvgIpc) is 2.55. The predicted molar refractivity (Wildman–Crippen MR) is 50.4 cm³/mol. The lowest BCUT2D eigenvalue weighted by atomic mass is 10.4. The molecule has 0 aliphatic heterocycles. The Bertz CT molecular complexity index is 339. The summed E-state index contributed by atoms with van der Waals surface area (Å²) in [6.07, 6.45) is 1.80. The molecule has 0 unspecified atom stereocenters. The van der Waals surface area contributed by atoms with Crippen molar-refractivity contribution in [2.45, 2.75) is 0 Å². The molecule has 4 heteroatoms. The molecule has 2 heterocycles. The quantitative estimate of drug-likeness (QED) is 0.688. The molecule has 2 aromatic heterocycles. The Hall–Kier alpha value is -0.380. The molecule has 0 N–H and O–H groups in total. The van der Waals surface area contributed by atoms with Gasteiger partial charge in [-0.2, -0.15) is 0 Å². The number of rotatable bonds is 1. The van der Waals surface area contributed by atoms with Crippen LogP contribution >= 0.6 is 34.3 Å². The van der Waals surface area contributed by atoms with Crippen LogP contribution in [0.15, 0.2) is 23.7 Å². The first-order chi connectivity index (χ1) is 5.36. The Morgan fingerprint density at radius 2 is 2.27 bits per heavy atom. The number of hydrogen-bond acceptors (Lipinski definition) is 3. The molecule has 0 aliphatic rings. The number of halogens is 1. The van der Waals surface area contributed by atoms with Crippen molar-refractivity contribution in [1.29, 1.82) is 0 Å². The van der Waals surface area contributed by atoms with Gasteiger partial charge in [0.05, 0.1) is 4.88 Å². The van der Waals surface area contributed by atoms with Gasteiger partial charge in [0.2, 0.25) is 0 Å². The van der Waals surface area contributed by atoms with Crippen LogP contribution in [0.5, 0.6) is 0 Å². The van der Waals surface area contributed by atoms with E-state index in [2.05, 4.69) is 11.1 Å². The maximum Gasteiger partial charge on any atom is 0.184 e. The van der Waals surface area contributed by atoms with E-state index in [9.17, 15) is 0 Å². The van der Waals surface area contributed by atoms with Gasteiger partial charge in [-0.1, -0.05) is 17.7 Å². The minimum Gasteiger partial charge on any atom is -0.233 e. The molecule has 0 radical (unpaired) electrons. The predicted octanol–water partition coefficient (Wildman–Crippen LogP) is 3.53. The Kier molecular flexibility index (Phi) is 1.94. The Morgan fingerprint density at radius 3 is 2.82 bits per heavy atom. The van der Waals surface area contributed by atoms with E-state index in [1.165, 1.54) is 16.2 Å². The van der Waals surface area contributed by atoms with Gasteiger partial charge in [-0.3, -0.25) is 0 Å². The molecule has 0 bridgehead atoms. The molecule has 2 rings (SSSR count). The standard InChI is InChI=1S/C7H4ClNS2/c8-7-9-4-6(11-7)5-2-1-3-10-5/h1-4H. The molecule has 0 atom stereocenters. The van der Waals surface area contributed by atoms with Crippen molar-refractivity contribution >= 4 is 34.3 Å². The zero-order chi connectivity index (χ0) is 7.68. The summed E-state index contributed by atoms with van der Waals surface area (Å²) < 4.78 is 0.605. The summed E-state index contributed by atoms with van der Waals surface area (Å²) in [7, 11) is 0. The maximum absolute atomic E-state index is 5.69. The lowest BCUT2D eigenvalue weighted by Gasteiger charge is -1.83. The van der Waals surface area contributed by atoms with E-state index in [0.29, 0.717) is 4.47 Å². The van der Waals surface area contributed by atoms with Crippen molar-refractivity contribution in [3.8, 4) is 9.75 Å². The van der Waals surface area contributed by atoms with E-state index in [-0.39, 0.29) is 0 Å². The molecule has 0 fully saturated rings. The molecule has 1 nitrogen and oxygen atoms in total. The van der Waals surface area contributed by atoms with E-state index < -0.39 is 0 Å². The molecule has 0 saturated carbocycles. The summed E-state index contributed by atoms with van der Waals surface area (Å²) in [6.45, 7) is 0. The number of nitrogens with zero attached hydrogens (tertiary/aromatic N) is 1. The maximum atomic E-state index is 5.69. The van der Waals surface area contributed by atoms with E-state index in [0.717, 1.165) is 4.88 Å². The molecule has 0 spiro atoms. The van der Waals surface area contributed by atoms with Gasteiger partial charge in [-0.25, -0.2) is 4.98 Å². The van der Waals surface area contributed by atoms with Gasteiger partial charge in [-0.05, 0) is 11.4 Å². The second-order valence-corrected chi connectivity index (χ2v) is 4.52. The highest BCUT2D eigenvalue weighted by Gasteiger charge is 2.01. The van der Waals surface area contributed by atoms with Crippen LogP contribution in [0.3, 0.4) is 0 Å². The van der Waals surface area contributed by atoms with Crippen LogP contribution < -0.4 is 0 Å². The zero-order valence-electron chi connectivity index (χ0n) is 5.45. The van der Waals surface area contributed by atoms with E-state index in [4.69, 9.17) is 11.6 Å². The monoisotopic (exact) mass is 201 g/mol. The first-order valence-electron chi connectivity index (χ1n) is 3.01. The average molecular weight is 202 g/mol. The second-order valence-electron chi connectivity index (χ2n) is 1.95. The minimum atomic E-state index is 0.605. The summed E-state index contributed by atoms with van der Waals surface area (Å²) in [5, 5.41) is 2.04. The summed E-state index contributed by atoms with van der Waals surface area (Å²) in [6, 6.07) is 4.09. The fourth-order valence-electron chi connectivity index (χ4n) is 0.785. The van der Waals surface area contributed by atoms with Crippen molar-refractivity contribution in [1.82, 2.24) is 4.98 Å². The molecule has 56 valence electrons. The highest BCUT2D eigenvalue weighted by molar-refractivity contribution is 7.23. The molecular weight excluding hydrogens is 198 g/mol. The van der Waals surface area contributed by atoms with Gasteiger partial charge in [0.15, 0.2) is 4.47 Å². The lowest BCUT2D eigenvalue weighted by Crippen LogP contribution is -1.57. The van der Waals surface area contributed by atoms with E-state index in [1.54, 1.807) is 17.5 Å². The molecular formula is C7H4ClNS2. The first kappa shape index (κ1) is 7.28. The van der Waals surface area contributed by atoms with Crippen molar-refractivity contribution in [2.24, 2.45) is 0 Å². The number of aromatic nitrogens is 1. The molecule has 0 amide bonds. The third kappa shape index (κ3) is 1.45. The van der Waals surface area contributed by atoms with E-state index >= 15 is 0 Å². The number of thiazole rings is 1. The second kappa shape index (κ2) is 2.93. The molecule has 0 aliphatic carbocycles. The largest absolute Gasteiger partial charge is 0.233 e. The normalized spacial score (nSPS) is 10.3. The Labute approximate surface area is 77.3 Å². The van der Waals surface area contributed by atoms with Crippen molar-refractivity contribution in [3.05, 3.63) is 28.2 Å². The topological polar surface area (TPSA) is 12.9 Å². The summed E-state index contributed by atoms with van der Waals surface area (Å²) in [4.78, 5) is 6.34. The van der Waals surface area contributed by atoms with Crippen LogP contribution in [0.4, 0.5) is 0 Å². The molecule has 0 aromatic carbocycles. The van der Waals surface area contributed by atoms with Gasteiger partial charge in [-0.15, -0.1) is 22.7 Å². The van der Waals surface area contributed by atoms with E-state index in [1.807, 2.05) is 11.4 Å². The first-order valence-corrected chi connectivity index (χ1v) is 5.09. The minimum absolute atomic E-state index is 0.605. The van der Waals surface area contributed by atoms with Crippen LogP contribution in [-0.4, -0.2) is 4.98 Å². The summed E-state index contributed by atoms with van der Waals surface area (Å²) in [5.41, 5.74) is 0. The van der Waals surface area contributed by atoms with Gasteiger partial charge < -0.3 is 0 Å². The lowest BCUT2D eigenvalue weighted by molar-refractivity contribution is 1.43. The van der Waals surface area contributed by atoms with Crippen LogP contribution in [-0.2, 0) is 0 Å². The molecule has 11 heavy (non-hydrogen) atoms. The number of thiophene rings is 1. The summed E-state index contributed by atoms with van der Waals surface area (Å²) in [5.74, 6) is 0. The Morgan fingerprint density at radius 1 is 1.36 bits per heavy atom. The molecule has 2 aromatic rings. The Balaban J connectivity index is 2.45. The van der Waals surface area contributed by atoms with Gasteiger partial charge in [0, 0.05) is 11.1 Å². The third-order valence-corrected chi connectivity index (χ3v) is 3.42. The zero-order valence-corrected chi connectivity index (χ0v) is 7.84. The van der Waals surface area contributed by atoms with Crippen LogP contribution in [0.25, 0.3) is 9.75 Å². The van der Waals surface area contributed by atoms with Crippen molar-refractivity contribution in [2.75, 3.05) is 0 Å². The van der Waals surface area contributed by atoms with Gasteiger partial charge >= 0.3 is 0 Å². The smallest absolute Gasteiger partial charge is 0.184 e. The van der Waals surface area contributed by atoms with Crippen LogP contribution in [0.1, 0.15) is 0 Å². The van der Waals surface area contributed by atoms with Gasteiger partial charge in [0.25, 0.3) is 0 Å².